The Morgan fingerprint density at radius 3 is 1.77 bits per heavy atom. The highest BCUT2D eigenvalue weighted by atomic mass is 79.9. The monoisotopic (exact) mass is 520 g/mol. The molecular weight excluding hydrogens is 511 g/mol. The average molecular weight is 521 g/mol. The Kier molecular flexibility index (Phi) is 6.84. The van der Waals surface area contributed by atoms with E-state index in [0.29, 0.717) is 6.08 Å². The molecule has 2 aromatic rings. The molecule has 0 aliphatic carbocycles. The van der Waals surface area contributed by atoms with Gasteiger partial charge in [-0.05, 0) is 57.4 Å². The van der Waals surface area contributed by atoms with Crippen molar-refractivity contribution in [3.8, 4) is 0 Å². The van der Waals surface area contributed by atoms with E-state index in [1.807, 2.05) is 0 Å². The van der Waals surface area contributed by atoms with Crippen molar-refractivity contribution in [2.45, 2.75) is 24.4 Å². The van der Waals surface area contributed by atoms with E-state index >= 15 is 0 Å². The van der Waals surface area contributed by atoms with Gasteiger partial charge >= 0.3 is 24.5 Å². The zero-order chi connectivity index (χ0) is 23.8. The second kappa shape index (κ2) is 8.56. The van der Waals surface area contributed by atoms with Crippen LogP contribution in [-0.2, 0) is 12.4 Å². The maximum atomic E-state index is 13.5. The van der Waals surface area contributed by atoms with Gasteiger partial charge in [0.15, 0.2) is 0 Å². The molecule has 168 valence electrons. The van der Waals surface area contributed by atoms with Crippen LogP contribution >= 0.6 is 15.9 Å². The fourth-order valence-electron chi connectivity index (χ4n) is 2.58. The summed E-state index contributed by atoms with van der Waals surface area (Å²) in [6.45, 7) is 0. The van der Waals surface area contributed by atoms with Gasteiger partial charge in [0.2, 0.25) is 0 Å². The largest absolute Gasteiger partial charge is 0.478 e. The van der Waals surface area contributed by atoms with E-state index in [4.69, 9.17) is 5.11 Å². The van der Waals surface area contributed by atoms with Gasteiger partial charge in [0.25, 0.3) is 0 Å². The molecule has 2 aromatic carbocycles. The number of allylic oxidation sites excluding steroid dienone is 1. The molecule has 12 heteroatoms. The lowest BCUT2D eigenvalue weighted by Crippen LogP contribution is -2.21. The molecule has 0 saturated carbocycles. The minimum atomic E-state index is -5.30. The Morgan fingerprint density at radius 2 is 1.39 bits per heavy atom. The Labute approximate surface area is 177 Å². The molecule has 0 aliphatic rings. The van der Waals surface area contributed by atoms with Crippen molar-refractivity contribution in [1.29, 1.82) is 0 Å². The third-order valence-electron chi connectivity index (χ3n) is 4.03. The standard InChI is InChI=1S/C19H10BrF9O2/c20-15-5-9(1-3-13(15)16(30)31)2-4-14(19(27,28)29)10-6-11(17(21,22)23)8-12(7-10)18(24,25)26/h1-8,14H,(H,30,31)/b4-2+. The van der Waals surface area contributed by atoms with E-state index in [1.54, 1.807) is 0 Å². The summed E-state index contributed by atoms with van der Waals surface area (Å²) in [6.07, 6.45) is -14.6. The first kappa shape index (κ1) is 24.8. The van der Waals surface area contributed by atoms with Crippen molar-refractivity contribution in [2.75, 3.05) is 0 Å². The van der Waals surface area contributed by atoms with E-state index in [0.717, 1.165) is 24.3 Å². The Bertz CT molecular complexity index is 973. The maximum absolute atomic E-state index is 13.5. The number of carboxylic acids is 1. The molecule has 0 spiro atoms. The number of benzene rings is 2. The van der Waals surface area contributed by atoms with Gasteiger partial charge in [0.1, 0.15) is 0 Å². The average Bonchev–Trinajstić information content (AvgIpc) is 2.58. The quantitative estimate of drug-likeness (QED) is 0.422. The number of hydrogen-bond donors (Lipinski definition) is 1. The van der Waals surface area contributed by atoms with Gasteiger partial charge in [-0.15, -0.1) is 0 Å². The van der Waals surface area contributed by atoms with E-state index in [2.05, 4.69) is 15.9 Å². The van der Waals surface area contributed by atoms with Crippen LogP contribution in [0.4, 0.5) is 39.5 Å². The Balaban J connectivity index is 2.58. The first-order chi connectivity index (χ1) is 14.0. The first-order valence-corrected chi connectivity index (χ1v) is 8.86. The zero-order valence-corrected chi connectivity index (χ0v) is 16.4. The highest BCUT2D eigenvalue weighted by Crippen LogP contribution is 2.42. The molecular formula is C19H10BrF9O2. The van der Waals surface area contributed by atoms with Crippen LogP contribution in [0, 0.1) is 0 Å². The lowest BCUT2D eigenvalue weighted by molar-refractivity contribution is -0.146. The molecule has 2 nitrogen and oxygen atoms in total. The van der Waals surface area contributed by atoms with E-state index in [9.17, 15) is 44.3 Å². The summed E-state index contributed by atoms with van der Waals surface area (Å²) in [5.74, 6) is -4.10. The summed E-state index contributed by atoms with van der Waals surface area (Å²) in [5.41, 5.74) is -5.14. The Hall–Kier alpha value is -2.50. The van der Waals surface area contributed by atoms with Crippen molar-refractivity contribution in [2.24, 2.45) is 0 Å². The van der Waals surface area contributed by atoms with Gasteiger partial charge in [-0.1, -0.05) is 18.2 Å². The van der Waals surface area contributed by atoms with Crippen LogP contribution in [0.15, 0.2) is 46.9 Å². The van der Waals surface area contributed by atoms with E-state index in [-0.39, 0.29) is 33.8 Å². The molecule has 0 heterocycles. The molecule has 0 aliphatic heterocycles. The summed E-state index contributed by atoms with van der Waals surface area (Å²) in [5, 5.41) is 8.93. The molecule has 0 saturated heterocycles. The number of carbonyl (C=O) groups is 1. The lowest BCUT2D eigenvalue weighted by Gasteiger charge is -2.21. The van der Waals surface area contributed by atoms with Gasteiger partial charge in [0.05, 0.1) is 22.6 Å². The maximum Gasteiger partial charge on any atom is 0.416 e. The van der Waals surface area contributed by atoms with Crippen LogP contribution in [0.3, 0.4) is 0 Å². The van der Waals surface area contributed by atoms with Gasteiger partial charge in [0, 0.05) is 4.47 Å². The summed E-state index contributed by atoms with van der Waals surface area (Å²) in [6, 6.07) is 3.11. The number of alkyl halides is 9. The lowest BCUT2D eigenvalue weighted by atomic mass is 9.93. The normalized spacial score (nSPS) is 14.1. The van der Waals surface area contributed by atoms with Crippen LogP contribution in [0.2, 0.25) is 0 Å². The molecule has 2 rings (SSSR count). The van der Waals surface area contributed by atoms with E-state index < -0.39 is 47.1 Å². The Morgan fingerprint density at radius 1 is 0.871 bits per heavy atom. The smallest absolute Gasteiger partial charge is 0.416 e. The summed E-state index contributed by atoms with van der Waals surface area (Å²) in [4.78, 5) is 11.0. The number of aromatic carboxylic acids is 1. The van der Waals surface area contributed by atoms with Crippen LogP contribution in [0.25, 0.3) is 6.08 Å². The molecule has 1 N–H and O–H groups in total. The topological polar surface area (TPSA) is 37.3 Å². The SMILES string of the molecule is O=C(O)c1ccc(/C=C/C(c2cc(C(F)(F)F)cc(C(F)(F)F)c2)C(F)(F)F)cc1Br. The molecule has 0 fully saturated rings. The molecule has 1 atom stereocenters. The zero-order valence-electron chi connectivity index (χ0n) is 14.8. The van der Waals surface area contributed by atoms with Crippen molar-refractivity contribution < 1.29 is 49.4 Å². The first-order valence-electron chi connectivity index (χ1n) is 8.07. The fraction of sp³-hybridized carbons (Fsp3) is 0.211. The summed E-state index contributed by atoms with van der Waals surface area (Å²) in [7, 11) is 0. The second-order valence-corrected chi connectivity index (χ2v) is 7.12. The highest BCUT2D eigenvalue weighted by molar-refractivity contribution is 9.10. The number of carboxylic acid groups (broad SMARTS) is 1. The van der Waals surface area contributed by atoms with Crippen LogP contribution in [0.1, 0.15) is 38.5 Å². The van der Waals surface area contributed by atoms with Gasteiger partial charge in [-0.25, -0.2) is 4.79 Å². The molecule has 0 radical (unpaired) electrons. The van der Waals surface area contributed by atoms with Crippen molar-refractivity contribution in [3.63, 3.8) is 0 Å². The van der Waals surface area contributed by atoms with Gasteiger partial charge in [-0.3, -0.25) is 0 Å². The summed E-state index contributed by atoms with van der Waals surface area (Å²) >= 11 is 2.91. The number of rotatable bonds is 4. The third kappa shape index (κ3) is 6.25. The highest BCUT2D eigenvalue weighted by Gasteiger charge is 2.43. The van der Waals surface area contributed by atoms with Crippen LogP contribution in [0.5, 0.6) is 0 Å². The molecule has 0 bridgehead atoms. The van der Waals surface area contributed by atoms with E-state index in [1.165, 1.54) is 0 Å². The predicted molar refractivity (Wildman–Crippen MR) is 95.4 cm³/mol. The third-order valence-corrected chi connectivity index (χ3v) is 4.68. The van der Waals surface area contributed by atoms with Gasteiger partial charge in [-0.2, -0.15) is 39.5 Å². The van der Waals surface area contributed by atoms with Crippen molar-refractivity contribution in [1.82, 2.24) is 0 Å². The molecule has 31 heavy (non-hydrogen) atoms. The van der Waals surface area contributed by atoms with Crippen molar-refractivity contribution >= 4 is 28.0 Å². The minimum absolute atomic E-state index is 0.0151. The second-order valence-electron chi connectivity index (χ2n) is 6.26. The minimum Gasteiger partial charge on any atom is -0.478 e. The van der Waals surface area contributed by atoms with Gasteiger partial charge < -0.3 is 5.11 Å². The van der Waals surface area contributed by atoms with Crippen LogP contribution < -0.4 is 0 Å². The summed E-state index contributed by atoms with van der Waals surface area (Å²) < 4.78 is 118. The number of hydrogen-bond acceptors (Lipinski definition) is 1. The van der Waals surface area contributed by atoms with Crippen molar-refractivity contribution in [3.05, 3.63) is 74.8 Å². The molecule has 0 aromatic heterocycles. The van der Waals surface area contributed by atoms with Crippen LogP contribution in [-0.4, -0.2) is 17.3 Å². The fourth-order valence-corrected chi connectivity index (χ4v) is 3.15. The number of halogens is 10. The molecule has 1 unspecified atom stereocenters. The molecule has 0 amide bonds. The predicted octanol–water partition coefficient (Wildman–Crippen LogP) is 7.54.